The maximum atomic E-state index is 5.82. The molecule has 1 aromatic rings. The van der Waals surface area contributed by atoms with Crippen molar-refractivity contribution in [1.29, 1.82) is 0 Å². The van der Waals surface area contributed by atoms with Gasteiger partial charge in [-0.2, -0.15) is 0 Å². The highest BCUT2D eigenvalue weighted by Gasteiger charge is 2.36. The van der Waals surface area contributed by atoms with Gasteiger partial charge < -0.3 is 15.2 Å². The van der Waals surface area contributed by atoms with Crippen LogP contribution in [0.3, 0.4) is 0 Å². The summed E-state index contributed by atoms with van der Waals surface area (Å²) in [7, 11) is 0. The monoisotopic (exact) mass is 249 g/mol. The minimum atomic E-state index is -0.500. The summed E-state index contributed by atoms with van der Waals surface area (Å²) >= 11 is 0. The number of rotatable bonds is 4. The maximum absolute atomic E-state index is 5.82. The van der Waals surface area contributed by atoms with E-state index in [1.165, 1.54) is 22.3 Å². The molecule has 1 fully saturated rings. The highest BCUT2D eigenvalue weighted by molar-refractivity contribution is 5.38. The van der Waals surface area contributed by atoms with Gasteiger partial charge >= 0.3 is 0 Å². The van der Waals surface area contributed by atoms with E-state index in [2.05, 4.69) is 32.9 Å². The normalized spacial score (nSPS) is 18.2. The number of benzene rings is 1. The van der Waals surface area contributed by atoms with Gasteiger partial charge in [0.1, 0.15) is 0 Å². The fourth-order valence-corrected chi connectivity index (χ4v) is 2.81. The largest absolute Gasteiger partial charge is 0.347 e. The van der Waals surface area contributed by atoms with E-state index in [4.69, 9.17) is 15.2 Å². The van der Waals surface area contributed by atoms with Crippen LogP contribution in [0.1, 0.15) is 28.7 Å². The van der Waals surface area contributed by atoms with Gasteiger partial charge in [-0.25, -0.2) is 0 Å². The molecule has 0 bridgehead atoms. The smallest absolute Gasteiger partial charge is 0.173 e. The molecule has 0 saturated carbocycles. The summed E-state index contributed by atoms with van der Waals surface area (Å²) in [6.45, 7) is 8.36. The van der Waals surface area contributed by atoms with E-state index in [-0.39, 0.29) is 0 Å². The molecule has 2 N–H and O–H groups in total. The average molecular weight is 249 g/mol. The van der Waals surface area contributed by atoms with Crippen molar-refractivity contribution in [2.45, 2.75) is 39.4 Å². The summed E-state index contributed by atoms with van der Waals surface area (Å²) in [6.07, 6.45) is 1.54. The van der Waals surface area contributed by atoms with Crippen molar-refractivity contribution in [3.05, 3.63) is 34.4 Å². The zero-order valence-corrected chi connectivity index (χ0v) is 11.6. The minimum Gasteiger partial charge on any atom is -0.347 e. The Hall–Kier alpha value is -0.900. The van der Waals surface area contributed by atoms with Gasteiger partial charge in [-0.1, -0.05) is 17.7 Å². The predicted molar refractivity (Wildman–Crippen MR) is 72.7 cm³/mol. The quantitative estimate of drug-likeness (QED) is 0.890. The zero-order chi connectivity index (χ0) is 13.2. The summed E-state index contributed by atoms with van der Waals surface area (Å²) in [5, 5.41) is 0. The molecule has 0 atom stereocenters. The Morgan fingerprint density at radius 3 is 2.17 bits per heavy atom. The molecule has 0 radical (unpaired) electrons. The van der Waals surface area contributed by atoms with E-state index in [9.17, 15) is 0 Å². The van der Waals surface area contributed by atoms with Crippen LogP contribution in [0.5, 0.6) is 0 Å². The molecule has 2 rings (SSSR count). The summed E-state index contributed by atoms with van der Waals surface area (Å²) in [6, 6.07) is 4.43. The lowest BCUT2D eigenvalue weighted by atomic mass is 9.92. The second-order valence-electron chi connectivity index (χ2n) is 5.20. The van der Waals surface area contributed by atoms with Gasteiger partial charge in [-0.05, 0) is 44.0 Å². The van der Waals surface area contributed by atoms with Crippen LogP contribution in [0.15, 0.2) is 12.1 Å². The van der Waals surface area contributed by atoms with Crippen molar-refractivity contribution in [2.24, 2.45) is 5.73 Å². The first-order valence-corrected chi connectivity index (χ1v) is 6.61. The van der Waals surface area contributed by atoms with Crippen molar-refractivity contribution in [3.8, 4) is 0 Å². The van der Waals surface area contributed by atoms with Crippen LogP contribution in [0.2, 0.25) is 0 Å². The molecule has 3 nitrogen and oxygen atoms in total. The van der Waals surface area contributed by atoms with Gasteiger partial charge in [0.2, 0.25) is 0 Å². The van der Waals surface area contributed by atoms with Gasteiger partial charge in [0.15, 0.2) is 5.79 Å². The van der Waals surface area contributed by atoms with Gasteiger partial charge in [0, 0.05) is 12.8 Å². The average Bonchev–Trinajstić information content (AvgIpc) is 2.73. The predicted octanol–water partition coefficient (Wildman–Crippen LogP) is 2.25. The Balaban J connectivity index is 2.27. The molecule has 0 aliphatic carbocycles. The lowest BCUT2D eigenvalue weighted by Crippen LogP contribution is -2.36. The number of hydrogen-bond donors (Lipinski definition) is 1. The Morgan fingerprint density at radius 2 is 1.67 bits per heavy atom. The number of nitrogens with two attached hydrogens (primary N) is 1. The zero-order valence-electron chi connectivity index (χ0n) is 11.6. The number of ether oxygens (including phenoxy) is 2. The fourth-order valence-electron chi connectivity index (χ4n) is 2.81. The lowest BCUT2D eigenvalue weighted by molar-refractivity contribution is -0.159. The van der Waals surface area contributed by atoms with Crippen LogP contribution in [0.4, 0.5) is 0 Å². The van der Waals surface area contributed by atoms with Crippen LogP contribution < -0.4 is 5.73 Å². The van der Waals surface area contributed by atoms with Gasteiger partial charge in [0.05, 0.1) is 13.2 Å². The highest BCUT2D eigenvalue weighted by Crippen LogP contribution is 2.30. The van der Waals surface area contributed by atoms with Gasteiger partial charge in [-0.3, -0.25) is 0 Å². The molecule has 0 spiro atoms. The molecule has 1 aromatic carbocycles. The second-order valence-corrected chi connectivity index (χ2v) is 5.20. The summed E-state index contributed by atoms with van der Waals surface area (Å²) in [5.74, 6) is -0.500. The molecule has 1 aliphatic heterocycles. The van der Waals surface area contributed by atoms with E-state index in [0.29, 0.717) is 19.8 Å². The Kier molecular flexibility index (Phi) is 4.05. The second kappa shape index (κ2) is 5.39. The summed E-state index contributed by atoms with van der Waals surface area (Å²) < 4.78 is 11.6. The third-order valence-electron chi connectivity index (χ3n) is 3.63. The summed E-state index contributed by atoms with van der Waals surface area (Å²) in [5.41, 5.74) is 10.9. The lowest BCUT2D eigenvalue weighted by Gasteiger charge is -2.28. The standard InChI is InChI=1S/C15H23NO2/c1-11-8-12(2)14(13(3)9-11)10-15(4-5-16)17-6-7-18-15/h8-9H,4-7,10,16H2,1-3H3. The SMILES string of the molecule is Cc1cc(C)c(CC2(CCN)OCCO2)c(C)c1. The molecule has 1 aliphatic rings. The van der Waals surface area contributed by atoms with Crippen molar-refractivity contribution in [3.63, 3.8) is 0 Å². The third kappa shape index (κ3) is 2.74. The van der Waals surface area contributed by atoms with E-state index >= 15 is 0 Å². The molecule has 100 valence electrons. The third-order valence-corrected chi connectivity index (χ3v) is 3.63. The maximum Gasteiger partial charge on any atom is 0.173 e. The topological polar surface area (TPSA) is 44.5 Å². The van der Waals surface area contributed by atoms with Crippen molar-refractivity contribution < 1.29 is 9.47 Å². The molecular formula is C15H23NO2. The van der Waals surface area contributed by atoms with Gasteiger partial charge in [0.25, 0.3) is 0 Å². The Bertz CT molecular complexity index is 399. The molecule has 1 heterocycles. The Labute approximate surface area is 109 Å². The molecule has 18 heavy (non-hydrogen) atoms. The fraction of sp³-hybridized carbons (Fsp3) is 0.600. The van der Waals surface area contributed by atoms with Crippen molar-refractivity contribution >= 4 is 0 Å². The van der Waals surface area contributed by atoms with Crippen LogP contribution in [-0.2, 0) is 15.9 Å². The molecular weight excluding hydrogens is 226 g/mol. The van der Waals surface area contributed by atoms with Crippen LogP contribution in [0.25, 0.3) is 0 Å². The molecule has 0 unspecified atom stereocenters. The van der Waals surface area contributed by atoms with E-state index in [1.807, 2.05) is 0 Å². The van der Waals surface area contributed by atoms with E-state index in [0.717, 1.165) is 12.8 Å². The molecule has 3 heteroatoms. The Morgan fingerprint density at radius 1 is 1.11 bits per heavy atom. The first-order valence-electron chi connectivity index (χ1n) is 6.61. The highest BCUT2D eigenvalue weighted by atomic mass is 16.7. The van der Waals surface area contributed by atoms with Crippen LogP contribution in [-0.4, -0.2) is 25.5 Å². The molecule has 0 amide bonds. The summed E-state index contributed by atoms with van der Waals surface area (Å²) in [4.78, 5) is 0. The first-order chi connectivity index (χ1) is 8.56. The van der Waals surface area contributed by atoms with Crippen LogP contribution >= 0.6 is 0 Å². The molecule has 0 aromatic heterocycles. The first kappa shape index (κ1) is 13.5. The van der Waals surface area contributed by atoms with Crippen LogP contribution in [0, 0.1) is 20.8 Å². The minimum absolute atomic E-state index is 0.500. The van der Waals surface area contributed by atoms with E-state index in [1.54, 1.807) is 0 Å². The van der Waals surface area contributed by atoms with Crippen molar-refractivity contribution in [2.75, 3.05) is 19.8 Å². The van der Waals surface area contributed by atoms with E-state index < -0.39 is 5.79 Å². The number of aryl methyl sites for hydroxylation is 3. The number of hydrogen-bond acceptors (Lipinski definition) is 3. The van der Waals surface area contributed by atoms with Gasteiger partial charge in [-0.15, -0.1) is 0 Å². The van der Waals surface area contributed by atoms with Crippen molar-refractivity contribution in [1.82, 2.24) is 0 Å². The molecule has 1 saturated heterocycles.